The molecule has 0 saturated carbocycles. The highest BCUT2D eigenvalue weighted by Crippen LogP contribution is 2.02. The van der Waals surface area contributed by atoms with E-state index < -0.39 is 0 Å². The second-order valence-electron chi connectivity index (χ2n) is 2.75. The van der Waals surface area contributed by atoms with Crippen molar-refractivity contribution in [3.05, 3.63) is 29.1 Å². The van der Waals surface area contributed by atoms with Crippen molar-refractivity contribution in [2.24, 2.45) is 5.90 Å². The van der Waals surface area contributed by atoms with Gasteiger partial charge in [-0.25, -0.2) is 5.90 Å². The molecule has 0 amide bonds. The lowest BCUT2D eigenvalue weighted by Crippen LogP contribution is -1.97. The predicted octanol–water partition coefficient (Wildman–Crippen LogP) is 0.940. The molecule has 0 aliphatic heterocycles. The van der Waals surface area contributed by atoms with E-state index in [2.05, 4.69) is 21.7 Å². The molecular formula is C10H12N2O. The summed E-state index contributed by atoms with van der Waals surface area (Å²) in [4.78, 5) is 8.57. The first-order chi connectivity index (χ1) is 6.22. The zero-order chi connectivity index (χ0) is 9.68. The number of rotatable bonds is 1. The smallest absolute Gasteiger partial charge is 0.129 e. The Kier molecular flexibility index (Phi) is 3.44. The predicted molar refractivity (Wildman–Crippen MR) is 50.7 cm³/mol. The van der Waals surface area contributed by atoms with Gasteiger partial charge in [-0.2, -0.15) is 0 Å². The van der Waals surface area contributed by atoms with Crippen LogP contribution >= 0.6 is 0 Å². The van der Waals surface area contributed by atoms with Crippen LogP contribution < -0.4 is 5.90 Å². The van der Waals surface area contributed by atoms with Gasteiger partial charge in [0, 0.05) is 17.0 Å². The number of nitrogens with zero attached hydrogens (tertiary/aromatic N) is 1. The Bertz CT molecular complexity index is 329. The number of hydrogen-bond acceptors (Lipinski definition) is 3. The van der Waals surface area contributed by atoms with Crippen molar-refractivity contribution in [3.8, 4) is 11.8 Å². The van der Waals surface area contributed by atoms with Gasteiger partial charge in [-0.05, 0) is 26.0 Å². The Balaban J connectivity index is 2.85. The fourth-order valence-electron chi connectivity index (χ4n) is 1.09. The fourth-order valence-corrected chi connectivity index (χ4v) is 1.09. The molecule has 68 valence electrons. The van der Waals surface area contributed by atoms with Crippen LogP contribution in [0.2, 0.25) is 0 Å². The van der Waals surface area contributed by atoms with Crippen molar-refractivity contribution in [1.29, 1.82) is 0 Å². The van der Waals surface area contributed by atoms with Gasteiger partial charge in [-0.15, -0.1) is 0 Å². The summed E-state index contributed by atoms with van der Waals surface area (Å²) in [5.74, 6) is 10.6. The van der Waals surface area contributed by atoms with Gasteiger partial charge in [0.05, 0.1) is 0 Å². The summed E-state index contributed by atoms with van der Waals surface area (Å²) in [5, 5.41) is 0. The summed E-state index contributed by atoms with van der Waals surface area (Å²) in [6, 6.07) is 3.85. The number of hydrogen-bond donors (Lipinski definition) is 1. The zero-order valence-corrected chi connectivity index (χ0v) is 7.79. The van der Waals surface area contributed by atoms with Gasteiger partial charge >= 0.3 is 0 Å². The lowest BCUT2D eigenvalue weighted by Gasteiger charge is -1.96. The van der Waals surface area contributed by atoms with Crippen LogP contribution in [0, 0.1) is 25.7 Å². The first-order valence-electron chi connectivity index (χ1n) is 3.98. The second kappa shape index (κ2) is 4.61. The van der Waals surface area contributed by atoms with Crippen LogP contribution in [0.1, 0.15) is 17.0 Å². The molecule has 3 nitrogen and oxygen atoms in total. The summed E-state index contributed by atoms with van der Waals surface area (Å²) < 4.78 is 0. The van der Waals surface area contributed by atoms with E-state index in [0.29, 0.717) is 0 Å². The molecule has 0 radical (unpaired) electrons. The summed E-state index contributed by atoms with van der Waals surface area (Å²) in [6.45, 7) is 4.13. The first-order valence-corrected chi connectivity index (χ1v) is 3.98. The van der Waals surface area contributed by atoms with Crippen LogP contribution in [0.25, 0.3) is 0 Å². The summed E-state index contributed by atoms with van der Waals surface area (Å²) in [7, 11) is 0. The molecule has 0 fully saturated rings. The Labute approximate surface area is 77.9 Å². The van der Waals surface area contributed by atoms with Crippen molar-refractivity contribution in [3.63, 3.8) is 0 Å². The largest absolute Gasteiger partial charge is 0.292 e. The van der Waals surface area contributed by atoms with Gasteiger partial charge in [0.2, 0.25) is 0 Å². The SMILES string of the molecule is Cc1cc(C#CCON)cc(C)n1. The Morgan fingerprint density at radius 1 is 1.38 bits per heavy atom. The number of aromatic nitrogens is 1. The molecule has 0 aliphatic rings. The summed E-state index contributed by atoms with van der Waals surface area (Å²) in [6.07, 6.45) is 0. The van der Waals surface area contributed by atoms with Gasteiger partial charge < -0.3 is 0 Å². The molecule has 13 heavy (non-hydrogen) atoms. The van der Waals surface area contributed by atoms with Gasteiger partial charge in [0.15, 0.2) is 0 Å². The van der Waals surface area contributed by atoms with E-state index in [-0.39, 0.29) is 6.61 Å². The van der Waals surface area contributed by atoms with Crippen LogP contribution in [0.5, 0.6) is 0 Å². The third-order valence-electron chi connectivity index (χ3n) is 1.47. The third kappa shape index (κ3) is 3.24. The maximum absolute atomic E-state index is 4.84. The molecule has 1 heterocycles. The average Bonchev–Trinajstić information content (AvgIpc) is 2.03. The highest BCUT2D eigenvalue weighted by atomic mass is 16.6. The highest BCUT2D eigenvalue weighted by molar-refractivity contribution is 5.36. The zero-order valence-electron chi connectivity index (χ0n) is 7.79. The Morgan fingerprint density at radius 2 is 2.00 bits per heavy atom. The number of nitrogens with two attached hydrogens (primary N) is 1. The maximum atomic E-state index is 4.84. The molecule has 0 unspecified atom stereocenters. The van der Waals surface area contributed by atoms with Crippen molar-refractivity contribution < 1.29 is 4.84 Å². The molecule has 3 heteroatoms. The Morgan fingerprint density at radius 3 is 2.54 bits per heavy atom. The van der Waals surface area contributed by atoms with Crippen molar-refractivity contribution in [2.45, 2.75) is 13.8 Å². The van der Waals surface area contributed by atoms with Gasteiger partial charge in [0.1, 0.15) is 6.61 Å². The monoisotopic (exact) mass is 176 g/mol. The maximum Gasteiger partial charge on any atom is 0.129 e. The van der Waals surface area contributed by atoms with E-state index in [0.717, 1.165) is 17.0 Å². The average molecular weight is 176 g/mol. The molecule has 1 rings (SSSR count). The van der Waals surface area contributed by atoms with E-state index in [9.17, 15) is 0 Å². The molecule has 2 N–H and O–H groups in total. The molecule has 1 aromatic heterocycles. The van der Waals surface area contributed by atoms with Crippen molar-refractivity contribution in [2.75, 3.05) is 6.61 Å². The molecule has 0 saturated heterocycles. The van der Waals surface area contributed by atoms with Crippen LogP contribution in [0.15, 0.2) is 12.1 Å². The molecule has 1 aromatic rings. The van der Waals surface area contributed by atoms with Crippen molar-refractivity contribution in [1.82, 2.24) is 4.98 Å². The minimum atomic E-state index is 0.250. The molecule has 0 aliphatic carbocycles. The Hall–Kier alpha value is -1.37. The quantitative estimate of drug-likeness (QED) is 0.511. The summed E-state index contributed by atoms with van der Waals surface area (Å²) >= 11 is 0. The first kappa shape index (κ1) is 9.72. The van der Waals surface area contributed by atoms with E-state index in [1.165, 1.54) is 0 Å². The van der Waals surface area contributed by atoms with E-state index >= 15 is 0 Å². The molecule has 0 aromatic carbocycles. The standard InChI is InChI=1S/C10H12N2O/c1-8-6-10(4-3-5-13-11)7-9(2)12-8/h6-7H,5,11H2,1-2H3. The molecule has 0 spiro atoms. The van der Waals surface area contributed by atoms with Crippen LogP contribution in [0.4, 0.5) is 0 Å². The van der Waals surface area contributed by atoms with Gasteiger partial charge in [-0.3, -0.25) is 9.82 Å². The number of pyridine rings is 1. The molecule has 0 atom stereocenters. The normalized spacial score (nSPS) is 9.15. The van der Waals surface area contributed by atoms with Gasteiger partial charge in [-0.1, -0.05) is 11.8 Å². The van der Waals surface area contributed by atoms with E-state index in [4.69, 9.17) is 5.90 Å². The van der Waals surface area contributed by atoms with Crippen molar-refractivity contribution >= 4 is 0 Å². The van der Waals surface area contributed by atoms with E-state index in [1.807, 2.05) is 26.0 Å². The van der Waals surface area contributed by atoms with Crippen LogP contribution in [-0.2, 0) is 4.84 Å². The summed E-state index contributed by atoms with van der Waals surface area (Å²) in [5.41, 5.74) is 2.89. The fraction of sp³-hybridized carbons (Fsp3) is 0.300. The lowest BCUT2D eigenvalue weighted by molar-refractivity contribution is 0.173. The van der Waals surface area contributed by atoms with Gasteiger partial charge in [0.25, 0.3) is 0 Å². The third-order valence-corrected chi connectivity index (χ3v) is 1.47. The van der Waals surface area contributed by atoms with E-state index in [1.54, 1.807) is 0 Å². The number of aryl methyl sites for hydroxylation is 2. The molecule has 0 bridgehead atoms. The lowest BCUT2D eigenvalue weighted by atomic mass is 10.2. The minimum Gasteiger partial charge on any atom is -0.292 e. The highest BCUT2D eigenvalue weighted by Gasteiger charge is 1.92. The second-order valence-corrected chi connectivity index (χ2v) is 2.75. The topological polar surface area (TPSA) is 48.1 Å². The molecular weight excluding hydrogens is 164 g/mol. The minimum absolute atomic E-state index is 0.250. The van der Waals surface area contributed by atoms with Crippen LogP contribution in [0.3, 0.4) is 0 Å². The van der Waals surface area contributed by atoms with Crippen LogP contribution in [-0.4, -0.2) is 11.6 Å².